The molecule has 3 aromatic rings. The van der Waals surface area contributed by atoms with Crippen molar-refractivity contribution in [3.05, 3.63) is 105 Å². The van der Waals surface area contributed by atoms with Crippen LogP contribution >= 0.6 is 0 Å². The Hall–Kier alpha value is -4.43. The summed E-state index contributed by atoms with van der Waals surface area (Å²) >= 11 is 0. The number of nitrogens with two attached hydrogens (primary N) is 1. The second-order valence-electron chi connectivity index (χ2n) is 8.61. The van der Waals surface area contributed by atoms with Crippen LogP contribution in [0, 0.1) is 39.2 Å². The molecule has 0 spiro atoms. The van der Waals surface area contributed by atoms with Gasteiger partial charge in [-0.05, 0) is 60.8 Å². The molecule has 1 aromatic heterocycles. The van der Waals surface area contributed by atoms with Crippen LogP contribution in [-0.2, 0) is 17.9 Å². The minimum absolute atomic E-state index is 0.297. The maximum Gasteiger partial charge on any atom is 0.323 e. The Balaban J connectivity index is 1.93. The van der Waals surface area contributed by atoms with E-state index in [1.807, 2.05) is 12.1 Å². The van der Waals surface area contributed by atoms with Crippen LogP contribution in [0.25, 0.3) is 0 Å². The third-order valence-electron chi connectivity index (χ3n) is 5.81. The Labute approximate surface area is 216 Å². The second-order valence-corrected chi connectivity index (χ2v) is 8.61. The molecule has 4 N–H and O–H groups in total. The fourth-order valence-corrected chi connectivity index (χ4v) is 3.72. The number of nitrogens with one attached hydrogen (secondary N) is 2. The Morgan fingerprint density at radius 2 is 1.76 bits per heavy atom. The first-order valence-electron chi connectivity index (χ1n) is 11.3. The van der Waals surface area contributed by atoms with Gasteiger partial charge in [0.2, 0.25) is 5.54 Å². The Morgan fingerprint density at radius 3 is 2.32 bits per heavy atom. The third-order valence-corrected chi connectivity index (χ3v) is 5.81. The SMILES string of the molecule is CC(=N)CCc1ccc(C#Cc2ccc(C(F)(F)C(CN(N)C=N)(N=O)c3ccc(F)cc3F)nc2)cc1. The first-order valence-corrected chi connectivity index (χ1v) is 11.3. The van der Waals surface area contributed by atoms with Gasteiger partial charge in [0.15, 0.2) is 0 Å². The molecule has 2 aromatic carbocycles. The van der Waals surface area contributed by atoms with Crippen molar-refractivity contribution in [2.75, 3.05) is 6.54 Å². The van der Waals surface area contributed by atoms with Crippen molar-refractivity contribution in [1.82, 2.24) is 9.99 Å². The summed E-state index contributed by atoms with van der Waals surface area (Å²) in [6, 6.07) is 11.3. The molecule has 0 saturated heterocycles. The molecule has 0 aliphatic rings. The lowest BCUT2D eigenvalue weighted by molar-refractivity contribution is -0.0958. The zero-order valence-corrected chi connectivity index (χ0v) is 20.3. The number of halogens is 4. The smallest absolute Gasteiger partial charge is 0.310 e. The van der Waals surface area contributed by atoms with Crippen molar-refractivity contribution in [2.24, 2.45) is 11.0 Å². The highest BCUT2D eigenvalue weighted by atomic mass is 19.3. The van der Waals surface area contributed by atoms with E-state index in [1.54, 1.807) is 19.1 Å². The summed E-state index contributed by atoms with van der Waals surface area (Å²) in [5, 5.41) is 17.7. The molecule has 1 heterocycles. The number of aryl methyl sites for hydroxylation is 1. The van der Waals surface area contributed by atoms with Crippen LogP contribution in [0.1, 0.15) is 41.3 Å². The van der Waals surface area contributed by atoms with Crippen LogP contribution in [-0.4, -0.2) is 28.6 Å². The first kappa shape index (κ1) is 28.1. The molecule has 0 aliphatic heterocycles. The molecule has 11 heteroatoms. The van der Waals surface area contributed by atoms with E-state index >= 15 is 8.78 Å². The van der Waals surface area contributed by atoms with Gasteiger partial charge in [-0.2, -0.15) is 8.78 Å². The maximum absolute atomic E-state index is 15.8. The molecule has 0 amide bonds. The van der Waals surface area contributed by atoms with E-state index in [0.717, 1.165) is 24.2 Å². The maximum atomic E-state index is 15.8. The average molecular weight is 525 g/mol. The number of aromatic nitrogens is 1. The summed E-state index contributed by atoms with van der Waals surface area (Å²) in [4.78, 5) is 15.7. The van der Waals surface area contributed by atoms with Gasteiger partial charge in [0.25, 0.3) is 0 Å². The van der Waals surface area contributed by atoms with Crippen LogP contribution < -0.4 is 5.84 Å². The molecule has 196 valence electrons. The summed E-state index contributed by atoms with van der Waals surface area (Å²) in [5.74, 6) is 4.53. The number of hydrogen-bond donors (Lipinski definition) is 3. The summed E-state index contributed by atoms with van der Waals surface area (Å²) in [7, 11) is 0. The van der Waals surface area contributed by atoms with Gasteiger partial charge in [0, 0.05) is 34.7 Å². The van der Waals surface area contributed by atoms with Crippen molar-refractivity contribution in [3.8, 4) is 11.8 Å². The molecule has 1 atom stereocenters. The summed E-state index contributed by atoms with van der Waals surface area (Å²) < 4.78 is 59.8. The van der Waals surface area contributed by atoms with E-state index < -0.39 is 40.9 Å². The quantitative estimate of drug-likeness (QED) is 0.0637. The third kappa shape index (κ3) is 6.10. The number of pyridine rings is 1. The van der Waals surface area contributed by atoms with Gasteiger partial charge in [0.1, 0.15) is 17.3 Å². The van der Waals surface area contributed by atoms with E-state index in [9.17, 15) is 13.7 Å². The number of rotatable bonds is 10. The topological polar surface area (TPSA) is 119 Å². The summed E-state index contributed by atoms with van der Waals surface area (Å²) in [5.41, 5.74) is -2.37. The molecule has 0 bridgehead atoms. The van der Waals surface area contributed by atoms with Crippen LogP contribution in [0.2, 0.25) is 0 Å². The largest absolute Gasteiger partial charge is 0.323 e. The van der Waals surface area contributed by atoms with Crippen LogP contribution in [0.4, 0.5) is 17.6 Å². The Kier molecular flexibility index (Phi) is 8.70. The molecular formula is C27H24F4N6O. The lowest BCUT2D eigenvalue weighted by atomic mass is 9.81. The summed E-state index contributed by atoms with van der Waals surface area (Å²) in [6.07, 6.45) is 2.94. The lowest BCUT2D eigenvalue weighted by Gasteiger charge is -2.36. The number of alkyl halides is 2. The average Bonchev–Trinajstić information content (AvgIpc) is 2.90. The summed E-state index contributed by atoms with van der Waals surface area (Å²) in [6.45, 7) is 0.656. The zero-order chi connectivity index (χ0) is 27.9. The number of hydrogen-bond acceptors (Lipinski definition) is 6. The van der Waals surface area contributed by atoms with E-state index in [2.05, 4.69) is 22.0 Å². The highest BCUT2D eigenvalue weighted by Crippen LogP contribution is 2.48. The van der Waals surface area contributed by atoms with Gasteiger partial charge in [-0.3, -0.25) is 15.4 Å². The highest BCUT2D eigenvalue weighted by molar-refractivity contribution is 5.78. The van der Waals surface area contributed by atoms with Crippen molar-refractivity contribution < 1.29 is 17.6 Å². The van der Waals surface area contributed by atoms with E-state index in [4.69, 9.17) is 16.7 Å². The van der Waals surface area contributed by atoms with Gasteiger partial charge in [-0.15, -0.1) is 4.91 Å². The van der Waals surface area contributed by atoms with Gasteiger partial charge in [-0.1, -0.05) is 30.0 Å². The molecule has 0 fully saturated rings. The van der Waals surface area contributed by atoms with Gasteiger partial charge >= 0.3 is 5.92 Å². The first-order chi connectivity index (χ1) is 18.0. The fraction of sp³-hybridized carbons (Fsp3) is 0.222. The molecule has 1 unspecified atom stereocenters. The van der Waals surface area contributed by atoms with Crippen molar-refractivity contribution in [2.45, 2.75) is 31.2 Å². The molecular weight excluding hydrogens is 500 g/mol. The molecule has 0 aliphatic carbocycles. The van der Waals surface area contributed by atoms with E-state index in [-0.39, 0.29) is 0 Å². The minimum Gasteiger partial charge on any atom is -0.310 e. The molecule has 38 heavy (non-hydrogen) atoms. The fourth-order valence-electron chi connectivity index (χ4n) is 3.72. The van der Waals surface area contributed by atoms with Crippen molar-refractivity contribution in [1.29, 1.82) is 10.8 Å². The Morgan fingerprint density at radius 1 is 1.11 bits per heavy atom. The number of hydrazine groups is 1. The predicted molar refractivity (Wildman–Crippen MR) is 136 cm³/mol. The van der Waals surface area contributed by atoms with Gasteiger partial charge < -0.3 is 5.41 Å². The standard InChI is InChI=1S/C27H24F4N6O/c1-18(33)2-3-19-4-6-20(7-5-19)8-9-21-10-13-25(35-15-21)27(30,31)26(36-38,16-37(34)17-32)23-12-11-22(28)14-24(23)29/h4-7,10-15,17,32-33H,2-3,16,34H2,1H3. The molecule has 0 saturated carbocycles. The van der Waals surface area contributed by atoms with Crippen LogP contribution in [0.3, 0.4) is 0 Å². The second kappa shape index (κ2) is 11.7. The van der Waals surface area contributed by atoms with Crippen molar-refractivity contribution in [3.63, 3.8) is 0 Å². The molecule has 3 rings (SSSR count). The zero-order valence-electron chi connectivity index (χ0n) is 20.3. The Bertz CT molecular complexity index is 1380. The number of benzene rings is 2. The normalized spacial score (nSPS) is 12.6. The predicted octanol–water partition coefficient (Wildman–Crippen LogP) is 5.27. The number of nitrogens with zero attached hydrogens (tertiary/aromatic N) is 3. The molecule has 7 nitrogen and oxygen atoms in total. The monoisotopic (exact) mass is 524 g/mol. The lowest BCUT2D eigenvalue weighted by Crippen LogP contribution is -2.52. The van der Waals surface area contributed by atoms with Gasteiger partial charge in [-0.25, -0.2) is 14.6 Å². The minimum atomic E-state index is -4.22. The van der Waals surface area contributed by atoms with E-state index in [1.165, 1.54) is 6.07 Å². The molecule has 0 radical (unpaired) electrons. The van der Waals surface area contributed by atoms with Crippen molar-refractivity contribution >= 4 is 12.1 Å². The van der Waals surface area contributed by atoms with Gasteiger partial charge in [0.05, 0.1) is 12.9 Å². The van der Waals surface area contributed by atoms with Crippen LogP contribution in [0.15, 0.2) is 66.0 Å². The van der Waals surface area contributed by atoms with E-state index in [0.29, 0.717) is 52.8 Å². The van der Waals surface area contributed by atoms with Crippen LogP contribution in [0.5, 0.6) is 0 Å². The number of nitroso groups, excluding NO2 is 1. The highest BCUT2D eigenvalue weighted by Gasteiger charge is 2.61.